The minimum Gasteiger partial charge on any atom is -0.437 e. The summed E-state index contributed by atoms with van der Waals surface area (Å²) in [5.41, 5.74) is 4.35. The maximum atomic E-state index is 5.94. The van der Waals surface area contributed by atoms with Gasteiger partial charge in [-0.25, -0.2) is 0 Å². The number of aromatic nitrogens is 2. The molecule has 0 unspecified atom stereocenters. The standard InChI is InChI=1S/C16H19ClN2O/c1-9(2)14-7-6-13(8-10(14)3)20-16-12(5)11(4)15(17)18-19-16/h6-9H,1-5H3. The summed E-state index contributed by atoms with van der Waals surface area (Å²) in [6.07, 6.45) is 0. The highest BCUT2D eigenvalue weighted by molar-refractivity contribution is 6.30. The summed E-state index contributed by atoms with van der Waals surface area (Å²) in [5, 5.41) is 8.33. The van der Waals surface area contributed by atoms with Gasteiger partial charge in [-0.1, -0.05) is 31.5 Å². The molecule has 1 heterocycles. The molecule has 0 spiro atoms. The van der Waals surface area contributed by atoms with Crippen LogP contribution in [0.5, 0.6) is 11.6 Å². The lowest BCUT2D eigenvalue weighted by Gasteiger charge is -2.13. The van der Waals surface area contributed by atoms with Crippen LogP contribution >= 0.6 is 11.6 Å². The molecule has 1 aromatic heterocycles. The quantitative estimate of drug-likeness (QED) is 0.800. The van der Waals surface area contributed by atoms with E-state index in [2.05, 4.69) is 37.0 Å². The van der Waals surface area contributed by atoms with Crippen molar-refractivity contribution < 1.29 is 4.74 Å². The molecule has 0 fully saturated rings. The van der Waals surface area contributed by atoms with Crippen LogP contribution in [0, 0.1) is 20.8 Å². The molecule has 4 heteroatoms. The molecule has 3 nitrogen and oxygen atoms in total. The van der Waals surface area contributed by atoms with Gasteiger partial charge >= 0.3 is 0 Å². The van der Waals surface area contributed by atoms with E-state index in [4.69, 9.17) is 16.3 Å². The summed E-state index contributed by atoms with van der Waals surface area (Å²) >= 11 is 5.94. The van der Waals surface area contributed by atoms with E-state index < -0.39 is 0 Å². The fourth-order valence-electron chi connectivity index (χ4n) is 2.12. The predicted molar refractivity (Wildman–Crippen MR) is 81.9 cm³/mol. The molecule has 0 atom stereocenters. The third-order valence-electron chi connectivity index (χ3n) is 3.50. The maximum absolute atomic E-state index is 5.94. The first kappa shape index (κ1) is 14.8. The largest absolute Gasteiger partial charge is 0.437 e. The van der Waals surface area contributed by atoms with Crippen LogP contribution in [0.1, 0.15) is 42.0 Å². The first-order valence-corrected chi connectivity index (χ1v) is 7.05. The number of halogens is 1. The Kier molecular flexibility index (Phi) is 4.29. The molecule has 106 valence electrons. The minimum absolute atomic E-state index is 0.418. The Hall–Kier alpha value is -1.61. The Bertz CT molecular complexity index is 639. The van der Waals surface area contributed by atoms with Gasteiger partial charge in [-0.3, -0.25) is 0 Å². The highest BCUT2D eigenvalue weighted by Crippen LogP contribution is 2.29. The van der Waals surface area contributed by atoms with E-state index in [0.29, 0.717) is 17.0 Å². The molecule has 20 heavy (non-hydrogen) atoms. The van der Waals surface area contributed by atoms with Crippen molar-refractivity contribution in [2.75, 3.05) is 0 Å². The second-order valence-corrected chi connectivity index (χ2v) is 5.68. The van der Waals surface area contributed by atoms with Gasteiger partial charge in [-0.15, -0.1) is 10.2 Å². The summed E-state index contributed by atoms with van der Waals surface area (Å²) in [6.45, 7) is 10.3. The Balaban J connectivity index is 2.31. The molecule has 0 radical (unpaired) electrons. The first-order valence-electron chi connectivity index (χ1n) is 6.68. The van der Waals surface area contributed by atoms with Gasteiger partial charge in [0.1, 0.15) is 5.75 Å². The number of hydrogen-bond donors (Lipinski definition) is 0. The fraction of sp³-hybridized carbons (Fsp3) is 0.375. The third kappa shape index (κ3) is 2.93. The second kappa shape index (κ2) is 5.80. The molecule has 0 bridgehead atoms. The van der Waals surface area contributed by atoms with E-state index >= 15 is 0 Å². The molecular formula is C16H19ClN2O. The van der Waals surface area contributed by atoms with Crippen molar-refractivity contribution in [3.8, 4) is 11.6 Å². The SMILES string of the molecule is Cc1cc(Oc2nnc(Cl)c(C)c2C)ccc1C(C)C. The van der Waals surface area contributed by atoms with Crippen molar-refractivity contribution in [3.05, 3.63) is 45.6 Å². The average Bonchev–Trinajstić information content (AvgIpc) is 2.39. The lowest BCUT2D eigenvalue weighted by atomic mass is 9.98. The molecule has 0 amide bonds. The molecule has 1 aromatic carbocycles. The Labute approximate surface area is 125 Å². The van der Waals surface area contributed by atoms with Crippen LogP contribution < -0.4 is 4.74 Å². The van der Waals surface area contributed by atoms with Crippen LogP contribution in [0.15, 0.2) is 18.2 Å². The van der Waals surface area contributed by atoms with Gasteiger partial charge in [0, 0.05) is 5.56 Å². The Morgan fingerprint density at radius 3 is 2.35 bits per heavy atom. The number of nitrogens with zero attached hydrogens (tertiary/aromatic N) is 2. The van der Waals surface area contributed by atoms with Crippen LogP contribution in [-0.4, -0.2) is 10.2 Å². The average molecular weight is 291 g/mol. The van der Waals surface area contributed by atoms with Gasteiger partial charge in [0.25, 0.3) is 0 Å². The zero-order valence-corrected chi connectivity index (χ0v) is 13.2. The Morgan fingerprint density at radius 2 is 1.75 bits per heavy atom. The third-order valence-corrected chi connectivity index (χ3v) is 3.86. The van der Waals surface area contributed by atoms with Gasteiger partial charge in [-0.05, 0) is 55.5 Å². The van der Waals surface area contributed by atoms with Crippen molar-refractivity contribution in [2.45, 2.75) is 40.5 Å². The molecule has 0 N–H and O–H groups in total. The molecule has 0 saturated carbocycles. The van der Waals surface area contributed by atoms with Crippen molar-refractivity contribution in [1.29, 1.82) is 0 Å². The van der Waals surface area contributed by atoms with Crippen molar-refractivity contribution in [2.24, 2.45) is 0 Å². The van der Waals surface area contributed by atoms with Gasteiger partial charge in [-0.2, -0.15) is 0 Å². The topological polar surface area (TPSA) is 35.0 Å². The van der Waals surface area contributed by atoms with E-state index in [1.807, 2.05) is 26.0 Å². The molecule has 0 aliphatic carbocycles. The molecule has 0 aliphatic heterocycles. The normalized spacial score (nSPS) is 10.9. The van der Waals surface area contributed by atoms with Gasteiger partial charge in [0.2, 0.25) is 5.88 Å². The molecular weight excluding hydrogens is 272 g/mol. The fourth-order valence-corrected chi connectivity index (χ4v) is 2.30. The van der Waals surface area contributed by atoms with Crippen LogP contribution in [0.25, 0.3) is 0 Å². The summed E-state index contributed by atoms with van der Waals surface area (Å²) in [6, 6.07) is 6.09. The van der Waals surface area contributed by atoms with Gasteiger partial charge in [0.05, 0.1) is 0 Å². The highest BCUT2D eigenvalue weighted by atomic mass is 35.5. The van der Waals surface area contributed by atoms with Crippen LogP contribution in [0.3, 0.4) is 0 Å². The van der Waals surface area contributed by atoms with Crippen molar-refractivity contribution >= 4 is 11.6 Å². The van der Waals surface area contributed by atoms with Crippen LogP contribution in [0.4, 0.5) is 0 Å². The second-order valence-electron chi connectivity index (χ2n) is 5.32. The summed E-state index contributed by atoms with van der Waals surface area (Å²) in [7, 11) is 0. The number of aryl methyl sites for hydroxylation is 1. The molecule has 2 aromatic rings. The lowest BCUT2D eigenvalue weighted by Crippen LogP contribution is -1.98. The van der Waals surface area contributed by atoms with E-state index in [-0.39, 0.29) is 0 Å². The summed E-state index contributed by atoms with van der Waals surface area (Å²) in [4.78, 5) is 0. The smallest absolute Gasteiger partial charge is 0.242 e. The first-order chi connectivity index (χ1) is 9.40. The molecule has 2 rings (SSSR count). The minimum atomic E-state index is 0.418. The van der Waals surface area contributed by atoms with E-state index in [0.717, 1.165) is 16.9 Å². The van der Waals surface area contributed by atoms with Crippen molar-refractivity contribution in [3.63, 3.8) is 0 Å². The van der Waals surface area contributed by atoms with Crippen LogP contribution in [0.2, 0.25) is 5.15 Å². The van der Waals surface area contributed by atoms with Crippen molar-refractivity contribution in [1.82, 2.24) is 10.2 Å². The summed E-state index contributed by atoms with van der Waals surface area (Å²) < 4.78 is 5.83. The van der Waals surface area contributed by atoms with Gasteiger partial charge in [0.15, 0.2) is 5.15 Å². The number of benzene rings is 1. The maximum Gasteiger partial charge on any atom is 0.242 e. The zero-order valence-electron chi connectivity index (χ0n) is 12.5. The monoisotopic (exact) mass is 290 g/mol. The van der Waals surface area contributed by atoms with E-state index in [1.165, 1.54) is 11.1 Å². The van der Waals surface area contributed by atoms with Crippen LogP contribution in [-0.2, 0) is 0 Å². The highest BCUT2D eigenvalue weighted by Gasteiger charge is 2.11. The zero-order chi connectivity index (χ0) is 14.9. The number of hydrogen-bond acceptors (Lipinski definition) is 3. The molecule has 0 saturated heterocycles. The summed E-state index contributed by atoms with van der Waals surface area (Å²) in [5.74, 6) is 1.78. The van der Waals surface area contributed by atoms with Gasteiger partial charge < -0.3 is 4.74 Å². The lowest BCUT2D eigenvalue weighted by molar-refractivity contribution is 0.449. The van der Waals surface area contributed by atoms with E-state index in [1.54, 1.807) is 0 Å². The predicted octanol–water partition coefficient (Wildman–Crippen LogP) is 4.97. The number of rotatable bonds is 3. The number of ether oxygens (including phenoxy) is 1. The molecule has 0 aliphatic rings. The van der Waals surface area contributed by atoms with E-state index in [9.17, 15) is 0 Å². The Morgan fingerprint density at radius 1 is 1.05 bits per heavy atom.